The van der Waals surface area contributed by atoms with Crippen LogP contribution in [0.1, 0.15) is 5.76 Å². The van der Waals surface area contributed by atoms with Crippen molar-refractivity contribution in [3.8, 4) is 0 Å². The molecule has 0 aliphatic heterocycles. The molecular weight excluding hydrogens is 316 g/mol. The van der Waals surface area contributed by atoms with E-state index in [9.17, 15) is 13.2 Å². The van der Waals surface area contributed by atoms with Crippen LogP contribution in [0.15, 0.2) is 45.9 Å². The molecule has 0 bridgehead atoms. The summed E-state index contributed by atoms with van der Waals surface area (Å²) in [6.07, 6.45) is 2.56. The van der Waals surface area contributed by atoms with Crippen LogP contribution in [0.25, 0.3) is 0 Å². The summed E-state index contributed by atoms with van der Waals surface area (Å²) < 4.78 is 28.2. The number of urea groups is 1. The molecule has 2 amide bonds. The number of benzene rings is 1. The number of hydrogen-bond acceptors (Lipinski definition) is 4. The molecule has 6 nitrogen and oxygen atoms in total. The molecule has 2 aromatic rings. The van der Waals surface area contributed by atoms with Gasteiger partial charge in [0, 0.05) is 11.9 Å². The SMILES string of the molecule is CS(=O)(=O)c1cc(NC(=O)NCc2ccco2)ccc1Cl. The zero-order chi connectivity index (χ0) is 15.5. The van der Waals surface area contributed by atoms with Crippen LogP contribution in [0.3, 0.4) is 0 Å². The number of halogens is 1. The number of anilines is 1. The van der Waals surface area contributed by atoms with Gasteiger partial charge in [0.1, 0.15) is 5.76 Å². The van der Waals surface area contributed by atoms with Crippen molar-refractivity contribution < 1.29 is 17.6 Å². The van der Waals surface area contributed by atoms with Gasteiger partial charge < -0.3 is 15.1 Å². The lowest BCUT2D eigenvalue weighted by Crippen LogP contribution is -2.28. The van der Waals surface area contributed by atoms with E-state index in [4.69, 9.17) is 16.0 Å². The molecule has 21 heavy (non-hydrogen) atoms. The van der Waals surface area contributed by atoms with Crippen LogP contribution >= 0.6 is 11.6 Å². The van der Waals surface area contributed by atoms with Gasteiger partial charge in [0.15, 0.2) is 9.84 Å². The van der Waals surface area contributed by atoms with E-state index in [0.29, 0.717) is 11.4 Å². The van der Waals surface area contributed by atoms with E-state index in [1.807, 2.05) is 0 Å². The Bertz CT molecular complexity index is 742. The fraction of sp³-hybridized carbons (Fsp3) is 0.154. The predicted molar refractivity (Wildman–Crippen MR) is 79.1 cm³/mol. The molecule has 1 aromatic carbocycles. The van der Waals surface area contributed by atoms with Crippen LogP contribution in [-0.4, -0.2) is 20.7 Å². The second-order valence-corrected chi connectivity index (χ2v) is 6.70. The molecule has 112 valence electrons. The maximum atomic E-state index is 11.7. The van der Waals surface area contributed by atoms with E-state index >= 15 is 0 Å². The second-order valence-electron chi connectivity index (χ2n) is 4.30. The van der Waals surface area contributed by atoms with Gasteiger partial charge >= 0.3 is 6.03 Å². The first-order valence-electron chi connectivity index (χ1n) is 5.93. The van der Waals surface area contributed by atoms with Crippen molar-refractivity contribution in [3.05, 3.63) is 47.4 Å². The predicted octanol–water partition coefficient (Wildman–Crippen LogP) is 2.66. The van der Waals surface area contributed by atoms with Crippen molar-refractivity contribution in [3.63, 3.8) is 0 Å². The van der Waals surface area contributed by atoms with Crippen LogP contribution in [0.4, 0.5) is 10.5 Å². The lowest BCUT2D eigenvalue weighted by Gasteiger charge is -2.09. The monoisotopic (exact) mass is 328 g/mol. The van der Waals surface area contributed by atoms with E-state index < -0.39 is 15.9 Å². The number of hydrogen-bond donors (Lipinski definition) is 2. The topological polar surface area (TPSA) is 88.4 Å². The Morgan fingerprint density at radius 3 is 2.71 bits per heavy atom. The number of amides is 2. The first-order chi connectivity index (χ1) is 9.86. The van der Waals surface area contributed by atoms with Crippen LogP contribution in [0.5, 0.6) is 0 Å². The molecule has 0 radical (unpaired) electrons. The lowest BCUT2D eigenvalue weighted by molar-refractivity contribution is 0.251. The normalized spacial score (nSPS) is 11.1. The zero-order valence-corrected chi connectivity index (χ0v) is 12.7. The molecule has 2 N–H and O–H groups in total. The molecule has 1 heterocycles. The number of furan rings is 1. The molecule has 1 aromatic heterocycles. The van der Waals surface area contributed by atoms with Gasteiger partial charge in [0.25, 0.3) is 0 Å². The van der Waals surface area contributed by atoms with Gasteiger partial charge in [-0.2, -0.15) is 0 Å². The van der Waals surface area contributed by atoms with Crippen LogP contribution in [0, 0.1) is 0 Å². The third kappa shape index (κ3) is 4.24. The summed E-state index contributed by atoms with van der Waals surface area (Å²) in [5.74, 6) is 0.609. The summed E-state index contributed by atoms with van der Waals surface area (Å²) in [5.41, 5.74) is 0.330. The van der Waals surface area contributed by atoms with Crippen molar-refractivity contribution in [1.29, 1.82) is 0 Å². The Labute approximate surface area is 127 Å². The molecule has 2 rings (SSSR count). The second kappa shape index (κ2) is 6.19. The van der Waals surface area contributed by atoms with Crippen LogP contribution < -0.4 is 10.6 Å². The van der Waals surface area contributed by atoms with Gasteiger partial charge in [-0.05, 0) is 30.3 Å². The van der Waals surface area contributed by atoms with E-state index in [2.05, 4.69) is 10.6 Å². The summed E-state index contributed by atoms with van der Waals surface area (Å²) in [6.45, 7) is 0.228. The molecule has 0 atom stereocenters. The van der Waals surface area contributed by atoms with Gasteiger partial charge in [-0.25, -0.2) is 13.2 Å². The van der Waals surface area contributed by atoms with Crippen molar-refractivity contribution in [2.75, 3.05) is 11.6 Å². The molecule has 0 fully saturated rings. The quantitative estimate of drug-likeness (QED) is 0.903. The highest BCUT2D eigenvalue weighted by Gasteiger charge is 2.13. The highest BCUT2D eigenvalue weighted by molar-refractivity contribution is 7.90. The zero-order valence-electron chi connectivity index (χ0n) is 11.1. The Hall–Kier alpha value is -1.99. The third-order valence-corrected chi connectivity index (χ3v) is 4.17. The molecule has 0 aliphatic carbocycles. The first kappa shape index (κ1) is 15.4. The lowest BCUT2D eigenvalue weighted by atomic mass is 10.3. The Balaban J connectivity index is 2.04. The third-order valence-electron chi connectivity index (χ3n) is 2.59. The summed E-state index contributed by atoms with van der Waals surface area (Å²) in [4.78, 5) is 11.7. The minimum atomic E-state index is -3.46. The minimum Gasteiger partial charge on any atom is -0.467 e. The summed E-state index contributed by atoms with van der Waals surface area (Å²) in [7, 11) is -3.46. The average molecular weight is 329 g/mol. The Kier molecular flexibility index (Phi) is 4.54. The van der Waals surface area contributed by atoms with Crippen molar-refractivity contribution in [2.45, 2.75) is 11.4 Å². The average Bonchev–Trinajstić information content (AvgIpc) is 2.90. The molecule has 0 spiro atoms. The van der Waals surface area contributed by atoms with Gasteiger partial charge in [0.05, 0.1) is 22.7 Å². The van der Waals surface area contributed by atoms with Crippen molar-refractivity contribution in [2.24, 2.45) is 0 Å². The van der Waals surface area contributed by atoms with Gasteiger partial charge in [-0.1, -0.05) is 11.6 Å². The smallest absolute Gasteiger partial charge is 0.319 e. The molecule has 8 heteroatoms. The van der Waals surface area contributed by atoms with Crippen LogP contribution in [0.2, 0.25) is 5.02 Å². The number of sulfone groups is 1. The Morgan fingerprint density at radius 2 is 2.10 bits per heavy atom. The number of nitrogens with one attached hydrogen (secondary N) is 2. The van der Waals surface area contributed by atoms with E-state index in [-0.39, 0.29) is 16.5 Å². The van der Waals surface area contributed by atoms with Gasteiger partial charge in [0.2, 0.25) is 0 Å². The van der Waals surface area contributed by atoms with E-state index in [0.717, 1.165) is 6.26 Å². The number of carbonyl (C=O) groups is 1. The highest BCUT2D eigenvalue weighted by atomic mass is 35.5. The molecule has 0 saturated carbocycles. The molecule has 0 aliphatic rings. The molecular formula is C13H13ClN2O4S. The van der Waals surface area contributed by atoms with E-state index in [1.165, 1.54) is 24.5 Å². The first-order valence-corrected chi connectivity index (χ1v) is 8.20. The van der Waals surface area contributed by atoms with Gasteiger partial charge in [-0.3, -0.25) is 0 Å². The largest absolute Gasteiger partial charge is 0.467 e. The van der Waals surface area contributed by atoms with Crippen LogP contribution in [-0.2, 0) is 16.4 Å². The summed E-state index contributed by atoms with van der Waals surface area (Å²) >= 11 is 5.83. The molecule has 0 saturated heterocycles. The fourth-order valence-electron chi connectivity index (χ4n) is 1.62. The van der Waals surface area contributed by atoms with Crippen molar-refractivity contribution >= 4 is 33.2 Å². The fourth-order valence-corrected chi connectivity index (χ4v) is 2.92. The molecule has 0 unspecified atom stereocenters. The highest BCUT2D eigenvalue weighted by Crippen LogP contribution is 2.24. The van der Waals surface area contributed by atoms with E-state index in [1.54, 1.807) is 12.1 Å². The number of carbonyl (C=O) groups excluding carboxylic acids is 1. The maximum Gasteiger partial charge on any atom is 0.319 e. The van der Waals surface area contributed by atoms with Crippen molar-refractivity contribution in [1.82, 2.24) is 5.32 Å². The minimum absolute atomic E-state index is 0.0343. The van der Waals surface area contributed by atoms with Gasteiger partial charge in [-0.15, -0.1) is 0 Å². The number of rotatable bonds is 4. The summed E-state index contributed by atoms with van der Waals surface area (Å²) in [6, 6.07) is 7.21. The maximum absolute atomic E-state index is 11.7. The standard InChI is InChI=1S/C13H13ClN2O4S/c1-21(18,19)12-7-9(4-5-11(12)14)16-13(17)15-8-10-3-2-6-20-10/h2-7H,8H2,1H3,(H2,15,16,17). The summed E-state index contributed by atoms with van der Waals surface area (Å²) in [5, 5.41) is 5.22. The Morgan fingerprint density at radius 1 is 1.33 bits per heavy atom.